The van der Waals surface area contributed by atoms with Crippen LogP contribution in [0.1, 0.15) is 18.1 Å². The first-order chi connectivity index (χ1) is 7.22. The molecule has 1 aromatic rings. The zero-order chi connectivity index (χ0) is 11.3. The summed E-state index contributed by atoms with van der Waals surface area (Å²) in [5, 5.41) is 3.93. The van der Waals surface area contributed by atoms with Gasteiger partial charge >= 0.3 is 0 Å². The normalized spacial score (nSPS) is 10.4. The second-order valence-corrected chi connectivity index (χ2v) is 3.87. The summed E-state index contributed by atoms with van der Waals surface area (Å²) in [6.45, 7) is 3.03. The number of nitrogens with one attached hydrogen (secondary N) is 1. The van der Waals surface area contributed by atoms with Crippen molar-refractivity contribution in [1.29, 1.82) is 0 Å². The molecule has 0 aliphatic rings. The van der Waals surface area contributed by atoms with E-state index in [0.29, 0.717) is 0 Å². The predicted molar refractivity (Wildman–Crippen MR) is 65.0 cm³/mol. The van der Waals surface area contributed by atoms with E-state index < -0.39 is 0 Å². The van der Waals surface area contributed by atoms with Crippen LogP contribution in [0.4, 0.5) is 0 Å². The molecule has 0 aliphatic carbocycles. The highest BCUT2D eigenvalue weighted by Crippen LogP contribution is 2.29. The van der Waals surface area contributed by atoms with E-state index in [9.17, 15) is 0 Å². The maximum Gasteiger partial charge on any atom is 0.123 e. The number of hydrogen-bond acceptors (Lipinski definition) is 2. The summed E-state index contributed by atoms with van der Waals surface area (Å²) in [6, 6.07) is 4.10. The standard InChI is InChI=1S/C12H18ClNO/c1-4-10-11(13)7-9(5-6-14-2)8-12(10)15-3/h7-8,14H,4-6H2,1-3H3. The fourth-order valence-electron chi connectivity index (χ4n) is 1.60. The zero-order valence-electron chi connectivity index (χ0n) is 9.56. The van der Waals surface area contributed by atoms with E-state index in [4.69, 9.17) is 16.3 Å². The van der Waals surface area contributed by atoms with E-state index in [0.717, 1.165) is 35.7 Å². The molecule has 0 unspecified atom stereocenters. The van der Waals surface area contributed by atoms with Crippen LogP contribution in [0.25, 0.3) is 0 Å². The maximum atomic E-state index is 6.19. The van der Waals surface area contributed by atoms with Gasteiger partial charge in [0.1, 0.15) is 5.75 Å². The lowest BCUT2D eigenvalue weighted by molar-refractivity contribution is 0.409. The Bertz CT molecular complexity index is 326. The molecule has 0 aromatic heterocycles. The second kappa shape index (κ2) is 5.99. The Morgan fingerprint density at radius 3 is 2.67 bits per heavy atom. The molecule has 0 radical (unpaired) electrons. The van der Waals surface area contributed by atoms with Gasteiger partial charge in [-0.1, -0.05) is 18.5 Å². The van der Waals surface area contributed by atoms with E-state index in [1.54, 1.807) is 7.11 Å². The molecule has 2 nitrogen and oxygen atoms in total. The van der Waals surface area contributed by atoms with Crippen molar-refractivity contribution in [3.05, 3.63) is 28.3 Å². The Morgan fingerprint density at radius 2 is 2.13 bits per heavy atom. The first kappa shape index (κ1) is 12.3. The molecule has 0 amide bonds. The molecule has 1 N–H and O–H groups in total. The lowest BCUT2D eigenvalue weighted by atomic mass is 10.1. The molecule has 0 aliphatic heterocycles. The highest BCUT2D eigenvalue weighted by molar-refractivity contribution is 6.31. The van der Waals surface area contributed by atoms with E-state index in [2.05, 4.69) is 18.3 Å². The Morgan fingerprint density at radius 1 is 1.40 bits per heavy atom. The average molecular weight is 228 g/mol. The number of halogens is 1. The van der Waals surface area contributed by atoms with Crippen LogP contribution in [0.15, 0.2) is 12.1 Å². The van der Waals surface area contributed by atoms with Gasteiger partial charge in [0.05, 0.1) is 7.11 Å². The number of hydrogen-bond donors (Lipinski definition) is 1. The smallest absolute Gasteiger partial charge is 0.123 e. The Balaban J connectivity index is 2.97. The summed E-state index contributed by atoms with van der Waals surface area (Å²) in [5.74, 6) is 0.899. The van der Waals surface area contributed by atoms with Crippen LogP contribution in [0.2, 0.25) is 5.02 Å². The summed E-state index contributed by atoms with van der Waals surface area (Å²) in [7, 11) is 3.63. The van der Waals surface area contributed by atoms with Crippen molar-refractivity contribution in [2.45, 2.75) is 19.8 Å². The van der Waals surface area contributed by atoms with Gasteiger partial charge in [0, 0.05) is 10.6 Å². The Hall–Kier alpha value is -0.730. The van der Waals surface area contributed by atoms with Gasteiger partial charge in [-0.15, -0.1) is 0 Å². The van der Waals surface area contributed by atoms with Crippen molar-refractivity contribution in [2.24, 2.45) is 0 Å². The molecule has 0 saturated heterocycles. The Kier molecular flexibility index (Phi) is 4.92. The number of methoxy groups -OCH3 is 1. The minimum absolute atomic E-state index is 0.808. The van der Waals surface area contributed by atoms with Crippen molar-refractivity contribution in [3.8, 4) is 5.75 Å². The van der Waals surface area contributed by atoms with Crippen LogP contribution in [0, 0.1) is 0 Å². The van der Waals surface area contributed by atoms with Gasteiger partial charge in [0.2, 0.25) is 0 Å². The van der Waals surface area contributed by atoms with Crippen LogP contribution in [0.3, 0.4) is 0 Å². The second-order valence-electron chi connectivity index (χ2n) is 3.47. The van der Waals surface area contributed by atoms with Gasteiger partial charge in [-0.2, -0.15) is 0 Å². The van der Waals surface area contributed by atoms with Crippen molar-refractivity contribution >= 4 is 11.6 Å². The molecule has 0 spiro atoms. The molecule has 0 atom stereocenters. The average Bonchev–Trinajstić information content (AvgIpc) is 2.25. The maximum absolute atomic E-state index is 6.19. The summed E-state index contributed by atoms with van der Waals surface area (Å²) in [5.41, 5.74) is 2.30. The van der Waals surface area contributed by atoms with Gasteiger partial charge in [0.15, 0.2) is 0 Å². The molecule has 0 heterocycles. The number of benzene rings is 1. The lowest BCUT2D eigenvalue weighted by Crippen LogP contribution is -2.10. The zero-order valence-corrected chi connectivity index (χ0v) is 10.3. The monoisotopic (exact) mass is 227 g/mol. The third kappa shape index (κ3) is 3.11. The third-order valence-electron chi connectivity index (χ3n) is 2.45. The molecule has 0 fully saturated rings. The number of ether oxygens (including phenoxy) is 1. The summed E-state index contributed by atoms with van der Waals surface area (Å²) >= 11 is 6.19. The molecule has 0 bridgehead atoms. The highest BCUT2D eigenvalue weighted by atomic mass is 35.5. The van der Waals surface area contributed by atoms with Crippen LogP contribution in [-0.4, -0.2) is 20.7 Å². The SMILES string of the molecule is CCc1c(Cl)cc(CCNC)cc1OC. The minimum atomic E-state index is 0.808. The van der Waals surface area contributed by atoms with Crippen LogP contribution in [0.5, 0.6) is 5.75 Å². The summed E-state index contributed by atoms with van der Waals surface area (Å²) < 4.78 is 5.33. The van der Waals surface area contributed by atoms with Crippen molar-refractivity contribution < 1.29 is 4.74 Å². The summed E-state index contributed by atoms with van der Waals surface area (Å²) in [4.78, 5) is 0. The van der Waals surface area contributed by atoms with Crippen molar-refractivity contribution in [2.75, 3.05) is 20.7 Å². The fraction of sp³-hybridized carbons (Fsp3) is 0.500. The molecule has 84 valence electrons. The molecule has 0 saturated carbocycles. The topological polar surface area (TPSA) is 21.3 Å². The predicted octanol–water partition coefficient (Wildman–Crippen LogP) is 2.67. The molecule has 3 heteroatoms. The molecule has 1 rings (SSSR count). The van der Waals surface area contributed by atoms with E-state index in [1.165, 1.54) is 5.56 Å². The molecular formula is C12H18ClNO. The van der Waals surface area contributed by atoms with Gasteiger partial charge < -0.3 is 10.1 Å². The van der Waals surface area contributed by atoms with E-state index in [1.807, 2.05) is 13.1 Å². The first-order valence-corrected chi connectivity index (χ1v) is 5.60. The summed E-state index contributed by atoms with van der Waals surface area (Å²) in [6.07, 6.45) is 1.87. The fourth-order valence-corrected chi connectivity index (χ4v) is 1.97. The van der Waals surface area contributed by atoms with Gasteiger partial charge in [0.25, 0.3) is 0 Å². The Labute approximate surface area is 96.6 Å². The molecule has 15 heavy (non-hydrogen) atoms. The van der Waals surface area contributed by atoms with E-state index in [-0.39, 0.29) is 0 Å². The van der Waals surface area contributed by atoms with Crippen LogP contribution >= 0.6 is 11.6 Å². The first-order valence-electron chi connectivity index (χ1n) is 5.22. The highest BCUT2D eigenvalue weighted by Gasteiger charge is 2.08. The number of rotatable bonds is 5. The van der Waals surface area contributed by atoms with Crippen molar-refractivity contribution in [1.82, 2.24) is 5.32 Å². The van der Waals surface area contributed by atoms with E-state index >= 15 is 0 Å². The minimum Gasteiger partial charge on any atom is -0.496 e. The van der Waals surface area contributed by atoms with Crippen LogP contribution < -0.4 is 10.1 Å². The molecule has 1 aromatic carbocycles. The van der Waals surface area contributed by atoms with Gasteiger partial charge in [-0.3, -0.25) is 0 Å². The van der Waals surface area contributed by atoms with Crippen LogP contribution in [-0.2, 0) is 12.8 Å². The molecular weight excluding hydrogens is 210 g/mol. The van der Waals surface area contributed by atoms with Crippen molar-refractivity contribution in [3.63, 3.8) is 0 Å². The lowest BCUT2D eigenvalue weighted by Gasteiger charge is -2.11. The largest absolute Gasteiger partial charge is 0.496 e. The quantitative estimate of drug-likeness (QED) is 0.835. The third-order valence-corrected chi connectivity index (χ3v) is 2.79. The van der Waals surface area contributed by atoms with Gasteiger partial charge in [-0.25, -0.2) is 0 Å². The number of likely N-dealkylation sites (N-methyl/N-ethyl adjacent to an activating group) is 1. The van der Waals surface area contributed by atoms with Gasteiger partial charge in [-0.05, 0) is 44.1 Å².